The van der Waals surface area contributed by atoms with E-state index < -0.39 is 11.7 Å². The maximum absolute atomic E-state index is 13.0. The summed E-state index contributed by atoms with van der Waals surface area (Å²) >= 11 is 6.35. The molecule has 2 aliphatic heterocycles. The number of hydrogen-bond donors (Lipinski definition) is 2. The number of phenols is 2. The topological polar surface area (TPSA) is 109 Å². The number of rotatable bonds is 4. The van der Waals surface area contributed by atoms with Gasteiger partial charge in [-0.15, -0.1) is 0 Å². The lowest BCUT2D eigenvalue weighted by Gasteiger charge is -2.18. The fourth-order valence-electron chi connectivity index (χ4n) is 4.47. The molecule has 1 saturated carbocycles. The third-order valence-electron chi connectivity index (χ3n) is 6.37. The van der Waals surface area contributed by atoms with Gasteiger partial charge in [-0.25, -0.2) is 4.79 Å². The number of amides is 1. The number of likely N-dealkylation sites (tertiary alicyclic amines) is 1. The van der Waals surface area contributed by atoms with Crippen LogP contribution in [0, 0.1) is 11.8 Å². The number of allylic oxidation sites excluding steroid dienone is 4. The van der Waals surface area contributed by atoms with Crippen molar-refractivity contribution in [2.45, 2.75) is 45.1 Å². The van der Waals surface area contributed by atoms with Gasteiger partial charge in [-0.2, -0.15) is 0 Å². The SMILES string of the molecule is C[C@@H]1C[C@@H]2C[C@H]2\C=C/C=C/C(=N\OCCN2CCCC2=O)Cc2c(Cl)c(O)cc(O)c2C(=O)O1. The first kappa shape index (κ1) is 24.1. The van der Waals surface area contributed by atoms with Gasteiger partial charge < -0.3 is 24.7 Å². The van der Waals surface area contributed by atoms with Crippen molar-refractivity contribution < 1.29 is 29.4 Å². The van der Waals surface area contributed by atoms with Gasteiger partial charge >= 0.3 is 5.97 Å². The lowest BCUT2D eigenvalue weighted by molar-refractivity contribution is -0.128. The zero-order valence-corrected chi connectivity index (χ0v) is 19.8. The van der Waals surface area contributed by atoms with Crippen LogP contribution >= 0.6 is 11.6 Å². The number of oxime groups is 1. The summed E-state index contributed by atoms with van der Waals surface area (Å²) in [5.41, 5.74) is 0.526. The second-order valence-electron chi connectivity index (χ2n) is 9.01. The number of phenolic OH excluding ortho intramolecular Hbond substituents is 2. The summed E-state index contributed by atoms with van der Waals surface area (Å²) in [6.45, 7) is 3.20. The van der Waals surface area contributed by atoms with E-state index in [0.29, 0.717) is 37.1 Å². The quantitative estimate of drug-likeness (QED) is 0.377. The van der Waals surface area contributed by atoms with E-state index in [1.54, 1.807) is 11.0 Å². The minimum Gasteiger partial charge on any atom is -0.507 e. The number of benzene rings is 1. The Morgan fingerprint density at radius 1 is 1.24 bits per heavy atom. The van der Waals surface area contributed by atoms with Gasteiger partial charge in [0.15, 0.2) is 0 Å². The summed E-state index contributed by atoms with van der Waals surface area (Å²) < 4.78 is 5.61. The summed E-state index contributed by atoms with van der Waals surface area (Å²) in [4.78, 5) is 32.0. The van der Waals surface area contributed by atoms with Crippen molar-refractivity contribution in [3.63, 3.8) is 0 Å². The Hall–Kier alpha value is -3.00. The summed E-state index contributed by atoms with van der Waals surface area (Å²) in [6, 6.07) is 1.03. The Bertz CT molecular complexity index is 1050. The average Bonchev–Trinajstić information content (AvgIpc) is 3.38. The predicted molar refractivity (Wildman–Crippen MR) is 127 cm³/mol. The molecule has 1 aliphatic carbocycles. The van der Waals surface area contributed by atoms with E-state index in [1.807, 2.05) is 19.1 Å². The highest BCUT2D eigenvalue weighted by Gasteiger charge is 2.36. The van der Waals surface area contributed by atoms with Crippen LogP contribution in [0.1, 0.15) is 48.5 Å². The zero-order valence-electron chi connectivity index (χ0n) is 19.1. The van der Waals surface area contributed by atoms with Gasteiger partial charge in [0.1, 0.15) is 23.7 Å². The van der Waals surface area contributed by atoms with Crippen LogP contribution in [0.5, 0.6) is 11.5 Å². The van der Waals surface area contributed by atoms with Crippen LogP contribution in [0.4, 0.5) is 0 Å². The number of ether oxygens (including phenoxy) is 1. The molecule has 1 amide bonds. The fraction of sp³-hybridized carbons (Fsp3) is 0.480. The summed E-state index contributed by atoms with van der Waals surface area (Å²) in [5.74, 6) is -0.479. The predicted octanol–water partition coefficient (Wildman–Crippen LogP) is 3.99. The number of nitrogens with zero attached hydrogens (tertiary/aromatic N) is 2. The van der Waals surface area contributed by atoms with Crippen LogP contribution in [-0.4, -0.2) is 58.5 Å². The molecule has 3 atom stereocenters. The first-order valence-corrected chi connectivity index (χ1v) is 12.0. The molecule has 4 rings (SSSR count). The van der Waals surface area contributed by atoms with Gasteiger partial charge in [0.2, 0.25) is 5.91 Å². The minimum atomic E-state index is -0.705. The van der Waals surface area contributed by atoms with E-state index in [2.05, 4.69) is 11.2 Å². The van der Waals surface area contributed by atoms with Crippen molar-refractivity contribution in [2.24, 2.45) is 17.0 Å². The number of cyclic esters (lactones) is 1. The number of esters is 1. The molecule has 9 heteroatoms. The first-order chi connectivity index (χ1) is 16.3. The lowest BCUT2D eigenvalue weighted by atomic mass is 9.99. The fourth-order valence-corrected chi connectivity index (χ4v) is 4.68. The molecule has 2 heterocycles. The largest absolute Gasteiger partial charge is 0.507 e. The number of fused-ring (bicyclic) bond motifs is 2. The molecule has 1 aromatic carbocycles. The smallest absolute Gasteiger partial charge is 0.342 e. The number of carbonyl (C=O) groups is 2. The van der Waals surface area contributed by atoms with Crippen LogP contribution in [0.3, 0.4) is 0 Å². The van der Waals surface area contributed by atoms with Gasteiger partial charge in [0, 0.05) is 25.5 Å². The van der Waals surface area contributed by atoms with E-state index >= 15 is 0 Å². The molecule has 0 radical (unpaired) electrons. The summed E-state index contributed by atoms with van der Waals surface area (Å²) in [5, 5.41) is 24.8. The number of halogens is 1. The standard InChI is InChI=1S/C25H29ClN2O6/c1-15-11-17-12-16(17)5-2-3-6-18(27-33-10-9-28-8-4-7-22(28)31)13-19-23(25(32)34-15)20(29)14-21(30)24(19)26/h2-3,5-6,14-17,29-30H,4,7-13H2,1H3/b5-2-,6-3+,27-18+/t15-,16-,17-/m1/s1. The molecule has 1 saturated heterocycles. The third-order valence-corrected chi connectivity index (χ3v) is 6.79. The maximum atomic E-state index is 13.0. The summed E-state index contributed by atoms with van der Waals surface area (Å²) in [6.07, 6.45) is 10.5. The van der Waals surface area contributed by atoms with E-state index in [-0.39, 0.29) is 46.9 Å². The van der Waals surface area contributed by atoms with Crippen molar-refractivity contribution in [1.29, 1.82) is 0 Å². The number of aromatic hydroxyl groups is 2. The zero-order chi connectivity index (χ0) is 24.2. The maximum Gasteiger partial charge on any atom is 0.342 e. The van der Waals surface area contributed by atoms with E-state index in [0.717, 1.165) is 25.3 Å². The van der Waals surface area contributed by atoms with Gasteiger partial charge in [-0.1, -0.05) is 35.0 Å². The average molecular weight is 489 g/mol. The first-order valence-electron chi connectivity index (χ1n) is 11.6. The molecule has 3 aliphatic rings. The molecule has 0 bridgehead atoms. The molecule has 8 nitrogen and oxygen atoms in total. The van der Waals surface area contributed by atoms with E-state index in [9.17, 15) is 19.8 Å². The Morgan fingerprint density at radius 3 is 2.82 bits per heavy atom. The molecule has 1 aromatic rings. The Kier molecular flexibility index (Phi) is 7.46. The molecule has 0 unspecified atom stereocenters. The Labute approximate surface area is 203 Å². The number of hydrogen-bond acceptors (Lipinski definition) is 7. The van der Waals surface area contributed by atoms with E-state index in [1.165, 1.54) is 0 Å². The molecule has 2 N–H and O–H groups in total. The molecule has 0 spiro atoms. The molecular weight excluding hydrogens is 460 g/mol. The highest BCUT2D eigenvalue weighted by Crippen LogP contribution is 2.44. The van der Waals surface area contributed by atoms with Gasteiger partial charge in [0.05, 0.1) is 23.4 Å². The number of carbonyl (C=O) groups excluding carboxylic acids is 2. The van der Waals surface area contributed by atoms with Crippen molar-refractivity contribution in [2.75, 3.05) is 19.7 Å². The van der Waals surface area contributed by atoms with Crippen LogP contribution in [0.2, 0.25) is 5.02 Å². The van der Waals surface area contributed by atoms with Crippen LogP contribution in [0.25, 0.3) is 0 Å². The van der Waals surface area contributed by atoms with Gasteiger partial charge in [0.25, 0.3) is 0 Å². The normalized spacial score (nSPS) is 28.0. The van der Waals surface area contributed by atoms with Crippen molar-refractivity contribution in [3.05, 3.63) is 46.5 Å². The lowest BCUT2D eigenvalue weighted by Crippen LogP contribution is -2.28. The molecule has 34 heavy (non-hydrogen) atoms. The van der Waals surface area contributed by atoms with Crippen LogP contribution in [-0.2, 0) is 20.8 Å². The highest BCUT2D eigenvalue weighted by molar-refractivity contribution is 6.33. The molecular formula is C25H29ClN2O6. The van der Waals surface area contributed by atoms with Crippen molar-refractivity contribution >= 4 is 29.2 Å². The summed E-state index contributed by atoms with van der Waals surface area (Å²) in [7, 11) is 0. The van der Waals surface area contributed by atoms with Crippen molar-refractivity contribution in [1.82, 2.24) is 4.90 Å². The second-order valence-corrected chi connectivity index (χ2v) is 9.39. The molecule has 0 aromatic heterocycles. The van der Waals surface area contributed by atoms with E-state index in [4.69, 9.17) is 21.2 Å². The van der Waals surface area contributed by atoms with Gasteiger partial charge in [-0.3, -0.25) is 4.79 Å². The second kappa shape index (κ2) is 10.5. The monoisotopic (exact) mass is 488 g/mol. The van der Waals surface area contributed by atoms with Crippen molar-refractivity contribution in [3.8, 4) is 11.5 Å². The molecule has 182 valence electrons. The van der Waals surface area contributed by atoms with Gasteiger partial charge in [-0.05, 0) is 49.7 Å². The third kappa shape index (κ3) is 5.73. The van der Waals surface area contributed by atoms with Crippen LogP contribution in [0.15, 0.2) is 35.5 Å². The minimum absolute atomic E-state index is 0.0125. The molecule has 2 fully saturated rings. The highest BCUT2D eigenvalue weighted by atomic mass is 35.5. The Morgan fingerprint density at radius 2 is 2.06 bits per heavy atom. The Balaban J connectivity index is 1.61. The van der Waals surface area contributed by atoms with Crippen LogP contribution < -0.4 is 0 Å².